The number of methoxy groups -OCH3 is 1. The molecule has 1 aromatic carbocycles. The Bertz CT molecular complexity index is 453. The van der Waals surface area contributed by atoms with Gasteiger partial charge in [-0.3, -0.25) is 0 Å². The monoisotopic (exact) mass is 291 g/mol. The van der Waals surface area contributed by atoms with Gasteiger partial charge in [-0.2, -0.15) is 0 Å². The zero-order valence-corrected chi connectivity index (χ0v) is 13.1. The highest BCUT2D eigenvalue weighted by Gasteiger charge is 2.25. The third-order valence-electron chi connectivity index (χ3n) is 4.31. The Hall–Kier alpha value is -1.75. The van der Waals surface area contributed by atoms with E-state index < -0.39 is 0 Å². The maximum absolute atomic E-state index is 12.3. The lowest BCUT2D eigenvalue weighted by Gasteiger charge is -2.34. The average molecular weight is 291 g/mol. The zero-order valence-electron chi connectivity index (χ0n) is 13.1. The molecule has 1 saturated carbocycles. The van der Waals surface area contributed by atoms with Gasteiger partial charge in [0.2, 0.25) is 0 Å². The Kier molecular flexibility index (Phi) is 5.44. The first-order chi connectivity index (χ1) is 10.1. The van der Waals surface area contributed by atoms with E-state index in [4.69, 9.17) is 4.74 Å². The van der Waals surface area contributed by atoms with Gasteiger partial charge in [0.25, 0.3) is 0 Å². The molecule has 21 heavy (non-hydrogen) atoms. The predicted octanol–water partition coefficient (Wildman–Crippen LogP) is 2.69. The summed E-state index contributed by atoms with van der Waals surface area (Å²) in [5, 5.41) is 6.24. The minimum atomic E-state index is -0.0481. The van der Waals surface area contributed by atoms with E-state index in [0.717, 1.165) is 37.1 Å². The minimum absolute atomic E-state index is 0.0481. The van der Waals surface area contributed by atoms with Crippen molar-refractivity contribution in [3.05, 3.63) is 24.3 Å². The number of nitrogens with zero attached hydrogens (tertiary/aromatic N) is 1. The summed E-state index contributed by atoms with van der Waals surface area (Å²) in [5.74, 6) is 0.784. The molecule has 0 bridgehead atoms. The molecule has 0 heterocycles. The molecular formula is C16H25N3O2. The van der Waals surface area contributed by atoms with Gasteiger partial charge in [0.05, 0.1) is 7.11 Å². The first-order valence-corrected chi connectivity index (χ1v) is 7.49. The minimum Gasteiger partial charge on any atom is -0.497 e. The van der Waals surface area contributed by atoms with Crippen LogP contribution in [0, 0.1) is 0 Å². The van der Waals surface area contributed by atoms with E-state index in [2.05, 4.69) is 10.6 Å². The number of carbonyl (C=O) groups is 1. The molecule has 0 aromatic heterocycles. The van der Waals surface area contributed by atoms with Gasteiger partial charge >= 0.3 is 6.03 Å². The first kappa shape index (κ1) is 15.6. The molecule has 0 saturated heterocycles. The number of hydrogen-bond donors (Lipinski definition) is 2. The number of hydrogen-bond acceptors (Lipinski definition) is 3. The van der Waals surface area contributed by atoms with Crippen molar-refractivity contribution in [1.29, 1.82) is 0 Å². The summed E-state index contributed by atoms with van der Waals surface area (Å²) in [6.07, 6.45) is 4.36. The fourth-order valence-corrected chi connectivity index (χ4v) is 2.80. The average Bonchev–Trinajstić information content (AvgIpc) is 2.55. The van der Waals surface area contributed by atoms with E-state index in [-0.39, 0.29) is 6.03 Å². The van der Waals surface area contributed by atoms with Crippen molar-refractivity contribution in [3.63, 3.8) is 0 Å². The smallest absolute Gasteiger partial charge is 0.321 e. The van der Waals surface area contributed by atoms with Crippen LogP contribution in [0.15, 0.2) is 24.3 Å². The van der Waals surface area contributed by atoms with Crippen molar-refractivity contribution >= 4 is 11.7 Å². The number of carbonyl (C=O) groups excluding carboxylic acids is 1. The predicted molar refractivity (Wildman–Crippen MR) is 84.9 cm³/mol. The normalized spacial score (nSPS) is 21.7. The lowest BCUT2D eigenvalue weighted by Crippen LogP contribution is -2.44. The van der Waals surface area contributed by atoms with Crippen molar-refractivity contribution in [2.75, 3.05) is 26.5 Å². The molecule has 5 nitrogen and oxygen atoms in total. The second-order valence-electron chi connectivity index (χ2n) is 5.56. The summed E-state index contributed by atoms with van der Waals surface area (Å²) >= 11 is 0. The Morgan fingerprint density at radius 3 is 2.33 bits per heavy atom. The van der Waals surface area contributed by atoms with Gasteiger partial charge in [0, 0.05) is 24.8 Å². The number of urea groups is 1. The van der Waals surface area contributed by atoms with Crippen LogP contribution < -0.4 is 15.4 Å². The molecule has 0 unspecified atom stereocenters. The van der Waals surface area contributed by atoms with Crippen LogP contribution in [0.25, 0.3) is 0 Å². The quantitative estimate of drug-likeness (QED) is 0.897. The van der Waals surface area contributed by atoms with Gasteiger partial charge in [-0.05, 0) is 57.0 Å². The molecule has 2 rings (SSSR count). The standard InChI is InChI=1S/C16H25N3O2/c1-17-12-4-8-14(9-5-12)19(2)16(20)18-13-6-10-15(21-3)11-7-13/h6-7,10-12,14,17H,4-5,8-9H2,1-3H3,(H,18,20). The van der Waals surface area contributed by atoms with Gasteiger partial charge in [0.15, 0.2) is 0 Å². The van der Waals surface area contributed by atoms with Gasteiger partial charge < -0.3 is 20.3 Å². The first-order valence-electron chi connectivity index (χ1n) is 7.49. The summed E-state index contributed by atoms with van der Waals surface area (Å²) in [6, 6.07) is 8.26. The molecule has 1 aromatic rings. The zero-order chi connectivity index (χ0) is 15.2. The van der Waals surface area contributed by atoms with Crippen LogP contribution in [-0.2, 0) is 0 Å². The molecule has 0 spiro atoms. The van der Waals surface area contributed by atoms with Gasteiger partial charge in [-0.1, -0.05) is 0 Å². The summed E-state index contributed by atoms with van der Waals surface area (Å²) in [4.78, 5) is 14.1. The van der Waals surface area contributed by atoms with E-state index in [1.165, 1.54) is 0 Å². The van der Waals surface area contributed by atoms with E-state index >= 15 is 0 Å². The van der Waals surface area contributed by atoms with Gasteiger partial charge in [-0.15, -0.1) is 0 Å². The fourth-order valence-electron chi connectivity index (χ4n) is 2.80. The molecule has 116 valence electrons. The van der Waals surface area contributed by atoms with Crippen LogP contribution in [0.5, 0.6) is 5.75 Å². The number of amides is 2. The Balaban J connectivity index is 1.87. The molecule has 1 fully saturated rings. The molecule has 2 N–H and O–H groups in total. The molecule has 0 atom stereocenters. The molecule has 0 aliphatic heterocycles. The lowest BCUT2D eigenvalue weighted by molar-refractivity contribution is 0.178. The summed E-state index contributed by atoms with van der Waals surface area (Å²) in [5.41, 5.74) is 0.788. The van der Waals surface area contributed by atoms with Crippen LogP contribution in [-0.4, -0.2) is 44.2 Å². The Morgan fingerprint density at radius 1 is 1.19 bits per heavy atom. The summed E-state index contributed by atoms with van der Waals surface area (Å²) < 4.78 is 5.11. The van der Waals surface area contributed by atoms with Crippen molar-refractivity contribution in [3.8, 4) is 5.75 Å². The fraction of sp³-hybridized carbons (Fsp3) is 0.562. The number of benzene rings is 1. The van der Waals surface area contributed by atoms with Gasteiger partial charge in [-0.25, -0.2) is 4.79 Å². The van der Waals surface area contributed by atoms with E-state index in [1.54, 1.807) is 7.11 Å². The number of ether oxygens (including phenoxy) is 1. The third-order valence-corrected chi connectivity index (χ3v) is 4.31. The number of nitrogens with one attached hydrogen (secondary N) is 2. The highest BCUT2D eigenvalue weighted by Crippen LogP contribution is 2.23. The lowest BCUT2D eigenvalue weighted by atomic mass is 9.90. The van der Waals surface area contributed by atoms with Crippen molar-refractivity contribution in [2.45, 2.75) is 37.8 Å². The number of anilines is 1. The van der Waals surface area contributed by atoms with Crippen molar-refractivity contribution < 1.29 is 9.53 Å². The molecule has 1 aliphatic carbocycles. The second kappa shape index (κ2) is 7.31. The van der Waals surface area contributed by atoms with E-state index in [1.807, 2.05) is 43.3 Å². The van der Waals surface area contributed by atoms with E-state index in [0.29, 0.717) is 12.1 Å². The molecular weight excluding hydrogens is 266 g/mol. The maximum Gasteiger partial charge on any atom is 0.321 e. The second-order valence-corrected chi connectivity index (χ2v) is 5.56. The maximum atomic E-state index is 12.3. The largest absolute Gasteiger partial charge is 0.497 e. The third kappa shape index (κ3) is 4.11. The molecule has 5 heteroatoms. The van der Waals surface area contributed by atoms with Crippen LogP contribution in [0.3, 0.4) is 0 Å². The SMILES string of the molecule is CNC1CCC(N(C)C(=O)Nc2ccc(OC)cc2)CC1. The topological polar surface area (TPSA) is 53.6 Å². The molecule has 0 radical (unpaired) electrons. The van der Waals surface area contributed by atoms with Crippen LogP contribution >= 0.6 is 0 Å². The molecule has 1 aliphatic rings. The van der Waals surface area contributed by atoms with E-state index in [9.17, 15) is 4.79 Å². The summed E-state index contributed by atoms with van der Waals surface area (Å²) in [7, 11) is 5.51. The Labute approximate surface area is 126 Å². The summed E-state index contributed by atoms with van der Waals surface area (Å²) in [6.45, 7) is 0. The van der Waals surface area contributed by atoms with Crippen molar-refractivity contribution in [1.82, 2.24) is 10.2 Å². The van der Waals surface area contributed by atoms with Crippen LogP contribution in [0.1, 0.15) is 25.7 Å². The number of rotatable bonds is 4. The van der Waals surface area contributed by atoms with Crippen LogP contribution in [0.2, 0.25) is 0 Å². The highest BCUT2D eigenvalue weighted by atomic mass is 16.5. The Morgan fingerprint density at radius 2 is 1.81 bits per heavy atom. The van der Waals surface area contributed by atoms with Crippen molar-refractivity contribution in [2.24, 2.45) is 0 Å². The van der Waals surface area contributed by atoms with Gasteiger partial charge in [0.1, 0.15) is 5.75 Å². The van der Waals surface area contributed by atoms with Crippen LogP contribution in [0.4, 0.5) is 10.5 Å². The highest BCUT2D eigenvalue weighted by molar-refractivity contribution is 5.89. The molecule has 2 amide bonds.